The maximum atomic E-state index is 11.3. The highest BCUT2D eigenvalue weighted by Gasteiger charge is 2.22. The van der Waals surface area contributed by atoms with Crippen LogP contribution in [0, 0.1) is 0 Å². The van der Waals surface area contributed by atoms with Crippen molar-refractivity contribution in [3.63, 3.8) is 0 Å². The third kappa shape index (κ3) is 6.28. The molecule has 0 aromatic heterocycles. The molecular formula is C10H19N3OS. The van der Waals surface area contributed by atoms with E-state index >= 15 is 0 Å². The average Bonchev–Trinajstić information content (AvgIpc) is 2.98. The summed E-state index contributed by atoms with van der Waals surface area (Å²) >= 11 is 5.02. The van der Waals surface area contributed by atoms with Crippen LogP contribution in [0.1, 0.15) is 32.6 Å². The number of hydrogen-bond donors (Lipinski definition) is 3. The van der Waals surface area contributed by atoms with Gasteiger partial charge in [-0.05, 0) is 31.5 Å². The van der Waals surface area contributed by atoms with Crippen LogP contribution in [0.25, 0.3) is 0 Å². The minimum absolute atomic E-state index is 0.114. The SMILES string of the molecule is CCCNC(=S)NCCC(=O)NC1CC1. The zero-order valence-corrected chi connectivity index (χ0v) is 9.95. The third-order valence-corrected chi connectivity index (χ3v) is 2.40. The zero-order chi connectivity index (χ0) is 11.1. The van der Waals surface area contributed by atoms with E-state index in [4.69, 9.17) is 12.2 Å². The van der Waals surface area contributed by atoms with Crippen molar-refractivity contribution in [1.82, 2.24) is 16.0 Å². The molecule has 86 valence electrons. The van der Waals surface area contributed by atoms with Gasteiger partial charge in [0.15, 0.2) is 5.11 Å². The molecule has 1 aliphatic rings. The quantitative estimate of drug-likeness (QED) is 0.582. The highest BCUT2D eigenvalue weighted by Crippen LogP contribution is 2.18. The Hall–Kier alpha value is -0.840. The van der Waals surface area contributed by atoms with E-state index in [1.807, 2.05) is 0 Å². The van der Waals surface area contributed by atoms with Gasteiger partial charge in [0.05, 0.1) is 0 Å². The average molecular weight is 229 g/mol. The predicted octanol–water partition coefficient (Wildman–Crippen LogP) is 0.529. The third-order valence-electron chi connectivity index (χ3n) is 2.12. The van der Waals surface area contributed by atoms with E-state index in [0.29, 0.717) is 24.1 Å². The maximum absolute atomic E-state index is 11.3. The van der Waals surface area contributed by atoms with Gasteiger partial charge in [0, 0.05) is 25.6 Å². The highest BCUT2D eigenvalue weighted by atomic mass is 32.1. The Labute approximate surface area is 96.2 Å². The first-order valence-electron chi connectivity index (χ1n) is 5.53. The standard InChI is InChI=1S/C10H19N3OS/c1-2-6-11-10(15)12-7-5-9(14)13-8-3-4-8/h8H,2-7H2,1H3,(H,13,14)(H2,11,12,15). The first-order valence-corrected chi connectivity index (χ1v) is 5.94. The van der Waals surface area contributed by atoms with E-state index in [2.05, 4.69) is 22.9 Å². The van der Waals surface area contributed by atoms with Gasteiger partial charge in [0.25, 0.3) is 0 Å². The number of rotatable bonds is 6. The normalized spacial score (nSPS) is 14.5. The Morgan fingerprint density at radius 2 is 2.00 bits per heavy atom. The Bertz CT molecular complexity index is 229. The van der Waals surface area contributed by atoms with Crippen molar-refractivity contribution in [1.29, 1.82) is 0 Å². The fourth-order valence-corrected chi connectivity index (χ4v) is 1.32. The molecule has 0 saturated heterocycles. The molecule has 1 rings (SSSR count). The zero-order valence-electron chi connectivity index (χ0n) is 9.14. The molecule has 0 radical (unpaired) electrons. The number of amides is 1. The molecule has 4 nitrogen and oxygen atoms in total. The van der Waals surface area contributed by atoms with Crippen LogP contribution in [0.3, 0.4) is 0 Å². The van der Waals surface area contributed by atoms with E-state index in [0.717, 1.165) is 25.8 Å². The van der Waals surface area contributed by atoms with E-state index in [9.17, 15) is 4.79 Å². The predicted molar refractivity (Wildman–Crippen MR) is 64.7 cm³/mol. The van der Waals surface area contributed by atoms with Crippen LogP contribution < -0.4 is 16.0 Å². The van der Waals surface area contributed by atoms with E-state index in [1.165, 1.54) is 0 Å². The fraction of sp³-hybridized carbons (Fsp3) is 0.800. The van der Waals surface area contributed by atoms with Crippen molar-refractivity contribution in [3.8, 4) is 0 Å². The van der Waals surface area contributed by atoms with E-state index in [1.54, 1.807) is 0 Å². The van der Waals surface area contributed by atoms with Gasteiger partial charge < -0.3 is 16.0 Å². The van der Waals surface area contributed by atoms with Crippen molar-refractivity contribution in [2.45, 2.75) is 38.6 Å². The Morgan fingerprint density at radius 3 is 2.60 bits per heavy atom. The molecule has 1 amide bonds. The summed E-state index contributed by atoms with van der Waals surface area (Å²) in [5.74, 6) is 0.114. The van der Waals surface area contributed by atoms with Gasteiger partial charge >= 0.3 is 0 Å². The number of nitrogens with one attached hydrogen (secondary N) is 3. The summed E-state index contributed by atoms with van der Waals surface area (Å²) in [5, 5.41) is 9.61. The Kier molecular flexibility index (Phi) is 5.39. The molecular weight excluding hydrogens is 210 g/mol. The van der Waals surface area contributed by atoms with Crippen LogP contribution in [0.4, 0.5) is 0 Å². The summed E-state index contributed by atoms with van der Waals surface area (Å²) in [7, 11) is 0. The second kappa shape index (κ2) is 6.61. The molecule has 0 unspecified atom stereocenters. The lowest BCUT2D eigenvalue weighted by molar-refractivity contribution is -0.121. The van der Waals surface area contributed by atoms with E-state index in [-0.39, 0.29) is 5.91 Å². The topological polar surface area (TPSA) is 53.2 Å². The molecule has 1 aliphatic carbocycles. The summed E-state index contributed by atoms with van der Waals surface area (Å²) in [6.07, 6.45) is 3.81. The van der Waals surface area contributed by atoms with Gasteiger partial charge in [0.2, 0.25) is 5.91 Å². The molecule has 0 atom stereocenters. The summed E-state index contributed by atoms with van der Waals surface area (Å²) < 4.78 is 0. The summed E-state index contributed by atoms with van der Waals surface area (Å²) in [6.45, 7) is 3.56. The maximum Gasteiger partial charge on any atom is 0.221 e. The van der Waals surface area contributed by atoms with Crippen molar-refractivity contribution in [2.75, 3.05) is 13.1 Å². The van der Waals surface area contributed by atoms with Crippen LogP contribution in [0.15, 0.2) is 0 Å². The van der Waals surface area contributed by atoms with Gasteiger partial charge in [-0.1, -0.05) is 6.92 Å². The molecule has 15 heavy (non-hydrogen) atoms. The Morgan fingerprint density at radius 1 is 1.33 bits per heavy atom. The Balaban J connectivity index is 1.94. The monoisotopic (exact) mass is 229 g/mol. The molecule has 3 N–H and O–H groups in total. The molecule has 0 aromatic carbocycles. The van der Waals surface area contributed by atoms with E-state index < -0.39 is 0 Å². The van der Waals surface area contributed by atoms with Crippen molar-refractivity contribution < 1.29 is 4.79 Å². The van der Waals surface area contributed by atoms with Gasteiger partial charge in [-0.2, -0.15) is 0 Å². The minimum Gasteiger partial charge on any atom is -0.363 e. The van der Waals surface area contributed by atoms with Crippen LogP contribution in [0.5, 0.6) is 0 Å². The number of carbonyl (C=O) groups is 1. The van der Waals surface area contributed by atoms with Crippen LogP contribution >= 0.6 is 12.2 Å². The lowest BCUT2D eigenvalue weighted by Gasteiger charge is -2.09. The summed E-state index contributed by atoms with van der Waals surface area (Å²) in [5.41, 5.74) is 0. The molecule has 0 heterocycles. The summed E-state index contributed by atoms with van der Waals surface area (Å²) in [6, 6.07) is 0.447. The lowest BCUT2D eigenvalue weighted by Crippen LogP contribution is -2.38. The molecule has 0 aromatic rings. The second-order valence-corrected chi connectivity index (χ2v) is 4.18. The number of thiocarbonyl (C=S) groups is 1. The molecule has 0 bridgehead atoms. The van der Waals surface area contributed by atoms with Gasteiger partial charge in [-0.3, -0.25) is 4.79 Å². The van der Waals surface area contributed by atoms with Gasteiger partial charge in [-0.25, -0.2) is 0 Å². The van der Waals surface area contributed by atoms with Gasteiger partial charge in [-0.15, -0.1) is 0 Å². The smallest absolute Gasteiger partial charge is 0.221 e. The molecule has 0 aliphatic heterocycles. The lowest BCUT2D eigenvalue weighted by atomic mass is 10.4. The molecule has 5 heteroatoms. The first-order chi connectivity index (χ1) is 7.22. The highest BCUT2D eigenvalue weighted by molar-refractivity contribution is 7.80. The van der Waals surface area contributed by atoms with Crippen molar-refractivity contribution >= 4 is 23.2 Å². The largest absolute Gasteiger partial charge is 0.363 e. The fourth-order valence-electron chi connectivity index (χ4n) is 1.12. The second-order valence-electron chi connectivity index (χ2n) is 3.77. The molecule has 1 fully saturated rings. The van der Waals surface area contributed by atoms with Crippen LogP contribution in [-0.4, -0.2) is 30.2 Å². The molecule has 0 spiro atoms. The first kappa shape index (κ1) is 12.2. The number of carbonyl (C=O) groups excluding carboxylic acids is 1. The van der Waals surface area contributed by atoms with Crippen molar-refractivity contribution in [3.05, 3.63) is 0 Å². The summed E-state index contributed by atoms with van der Waals surface area (Å²) in [4.78, 5) is 11.3. The van der Waals surface area contributed by atoms with Crippen LogP contribution in [0.2, 0.25) is 0 Å². The number of hydrogen-bond acceptors (Lipinski definition) is 2. The van der Waals surface area contributed by atoms with Gasteiger partial charge in [0.1, 0.15) is 0 Å². The van der Waals surface area contributed by atoms with Crippen molar-refractivity contribution in [2.24, 2.45) is 0 Å². The minimum atomic E-state index is 0.114. The van der Waals surface area contributed by atoms with Crippen LogP contribution in [-0.2, 0) is 4.79 Å². The molecule has 1 saturated carbocycles.